The van der Waals surface area contributed by atoms with Crippen molar-refractivity contribution in [2.24, 2.45) is 13.0 Å². The van der Waals surface area contributed by atoms with Crippen LogP contribution in [0.4, 0.5) is 37.1 Å². The molecule has 1 amide bonds. The normalized spacial score (nSPS) is 23.0. The fourth-order valence-electron chi connectivity index (χ4n) is 6.46. The van der Waals surface area contributed by atoms with E-state index < -0.39 is 53.6 Å². The summed E-state index contributed by atoms with van der Waals surface area (Å²) in [5.41, 5.74) is -1.73. The van der Waals surface area contributed by atoms with E-state index in [1.54, 1.807) is 33.9 Å². The number of amides is 1. The third-order valence-electron chi connectivity index (χ3n) is 9.11. The van der Waals surface area contributed by atoms with Crippen LogP contribution in [0.3, 0.4) is 0 Å². The van der Waals surface area contributed by atoms with E-state index in [-0.39, 0.29) is 49.0 Å². The van der Waals surface area contributed by atoms with Gasteiger partial charge in [-0.25, -0.2) is 14.8 Å². The number of ether oxygens (including phenoxy) is 1. The highest BCUT2D eigenvalue weighted by atomic mass is 19.4. The molecule has 1 aliphatic heterocycles. The summed E-state index contributed by atoms with van der Waals surface area (Å²) in [6.45, 7) is 3.38. The molecule has 3 aromatic rings. The van der Waals surface area contributed by atoms with Crippen molar-refractivity contribution in [2.45, 2.75) is 95.5 Å². The molecule has 2 aromatic heterocycles. The first kappa shape index (κ1) is 35.0. The summed E-state index contributed by atoms with van der Waals surface area (Å²) in [4.78, 5) is 36.8. The minimum absolute atomic E-state index is 0.0954. The SMILES string of the molecule is CC[C@@H]1C[C@H](N(Cc2cc(C(F)(F)F)cc(C(F)(F)F)c2)c2ncc(-c3cnn(C)c3)cn2)C[C@H](CC)N1C(=O)O[C@H]1C[C@H](C(=O)O)C1. The summed E-state index contributed by atoms with van der Waals surface area (Å²) < 4.78 is 89.8. The van der Waals surface area contributed by atoms with E-state index in [1.165, 1.54) is 12.4 Å². The molecule has 1 aromatic carbocycles. The lowest BCUT2D eigenvalue weighted by atomic mass is 9.82. The molecular weight excluding hydrogens is 646 g/mol. The molecule has 5 rings (SSSR count). The van der Waals surface area contributed by atoms with Crippen LogP contribution >= 0.6 is 0 Å². The number of alkyl halides is 6. The monoisotopic (exact) mass is 682 g/mol. The van der Waals surface area contributed by atoms with Gasteiger partial charge in [-0.2, -0.15) is 31.4 Å². The van der Waals surface area contributed by atoms with E-state index in [0.29, 0.717) is 48.9 Å². The van der Waals surface area contributed by atoms with Crippen LogP contribution in [0.25, 0.3) is 11.1 Å². The van der Waals surface area contributed by atoms with Gasteiger partial charge in [0.05, 0.1) is 23.2 Å². The maximum Gasteiger partial charge on any atom is 0.416 e. The van der Waals surface area contributed by atoms with E-state index in [9.17, 15) is 41.0 Å². The first-order valence-electron chi connectivity index (χ1n) is 15.6. The van der Waals surface area contributed by atoms with Crippen molar-refractivity contribution in [3.05, 3.63) is 59.7 Å². The number of nitrogens with zero attached hydrogens (tertiary/aromatic N) is 6. The highest BCUT2D eigenvalue weighted by Crippen LogP contribution is 2.39. The molecule has 1 saturated carbocycles. The van der Waals surface area contributed by atoms with E-state index in [2.05, 4.69) is 15.1 Å². The van der Waals surface area contributed by atoms with Crippen LogP contribution in [-0.4, -0.2) is 66.0 Å². The van der Waals surface area contributed by atoms with Crippen molar-refractivity contribution < 1.29 is 45.8 Å². The van der Waals surface area contributed by atoms with Gasteiger partial charge in [0, 0.05) is 61.4 Å². The molecular formula is C32H36F6N6O4. The van der Waals surface area contributed by atoms with Gasteiger partial charge >= 0.3 is 24.4 Å². The fourth-order valence-corrected chi connectivity index (χ4v) is 6.46. The Hall–Kier alpha value is -4.37. The number of hydrogen-bond acceptors (Lipinski definition) is 7. The van der Waals surface area contributed by atoms with Gasteiger partial charge < -0.3 is 19.6 Å². The van der Waals surface area contributed by atoms with Crippen LogP contribution in [0.1, 0.15) is 69.1 Å². The average Bonchev–Trinajstić information content (AvgIpc) is 3.45. The second-order valence-electron chi connectivity index (χ2n) is 12.4. The molecule has 1 N–H and O–H groups in total. The van der Waals surface area contributed by atoms with Crippen molar-refractivity contribution in [3.63, 3.8) is 0 Å². The number of aryl methyl sites for hydroxylation is 1. The number of aromatic nitrogens is 4. The standard InChI is InChI=1S/C32H36F6N6O4/c1-4-24-11-26(12-25(5-2)44(24)30(47)48-27-8-19(9-27)28(45)46)43(29-39-13-20(14-40-29)21-15-41-42(3)17-21)16-18-6-22(31(33,34)35)10-23(7-18)32(36,37)38/h6-7,10,13-15,17,19,24-27H,4-5,8-9,11-12,16H2,1-3H3,(H,45,46)/t19-,24-,25+,26+,27-. The first-order valence-corrected chi connectivity index (χ1v) is 15.6. The lowest BCUT2D eigenvalue weighted by molar-refractivity contribution is -0.149. The van der Waals surface area contributed by atoms with E-state index in [0.717, 1.165) is 0 Å². The number of carbonyl (C=O) groups is 2. The Kier molecular flexibility index (Phi) is 9.92. The number of halogens is 6. The van der Waals surface area contributed by atoms with Crippen molar-refractivity contribution in [1.29, 1.82) is 0 Å². The zero-order valence-electron chi connectivity index (χ0n) is 26.5. The second-order valence-corrected chi connectivity index (χ2v) is 12.4. The number of benzene rings is 1. The predicted molar refractivity (Wildman–Crippen MR) is 161 cm³/mol. The third-order valence-corrected chi connectivity index (χ3v) is 9.11. The van der Waals surface area contributed by atoms with Gasteiger partial charge in [0.2, 0.25) is 5.95 Å². The summed E-state index contributed by atoms with van der Waals surface area (Å²) in [7, 11) is 1.74. The maximum atomic E-state index is 13.8. The Morgan fingerprint density at radius 3 is 1.92 bits per heavy atom. The molecule has 2 fully saturated rings. The molecule has 10 nitrogen and oxygen atoms in total. The number of rotatable bonds is 9. The predicted octanol–water partition coefficient (Wildman–Crippen LogP) is 6.94. The third kappa shape index (κ3) is 7.67. The Morgan fingerprint density at radius 1 is 0.896 bits per heavy atom. The van der Waals surface area contributed by atoms with Crippen molar-refractivity contribution in [2.75, 3.05) is 4.90 Å². The quantitative estimate of drug-likeness (QED) is 0.242. The Balaban J connectivity index is 1.47. The molecule has 48 heavy (non-hydrogen) atoms. The van der Waals surface area contributed by atoms with Gasteiger partial charge in [-0.3, -0.25) is 9.48 Å². The number of piperidine rings is 1. The van der Waals surface area contributed by atoms with Crippen LogP contribution in [0.15, 0.2) is 43.0 Å². The molecule has 0 unspecified atom stereocenters. The van der Waals surface area contributed by atoms with Crippen molar-refractivity contribution in [3.8, 4) is 11.1 Å². The van der Waals surface area contributed by atoms with Crippen LogP contribution < -0.4 is 4.90 Å². The number of carboxylic acids is 1. The number of hydrogen-bond donors (Lipinski definition) is 1. The summed E-state index contributed by atoms with van der Waals surface area (Å²) in [6.07, 6.45) is -2.69. The van der Waals surface area contributed by atoms with Crippen molar-refractivity contribution in [1.82, 2.24) is 24.6 Å². The topological polar surface area (TPSA) is 114 Å². The number of anilines is 1. The zero-order chi connectivity index (χ0) is 35.0. The molecule has 260 valence electrons. The zero-order valence-corrected chi connectivity index (χ0v) is 26.5. The van der Waals surface area contributed by atoms with Gasteiger partial charge in [0.25, 0.3) is 0 Å². The van der Waals surface area contributed by atoms with E-state index >= 15 is 0 Å². The van der Waals surface area contributed by atoms with E-state index in [1.807, 2.05) is 13.8 Å². The molecule has 1 saturated heterocycles. The minimum atomic E-state index is -5.01. The maximum absolute atomic E-state index is 13.8. The van der Waals surface area contributed by atoms with Gasteiger partial charge in [0.1, 0.15) is 6.10 Å². The number of aliphatic carboxylic acids is 1. The average molecular weight is 683 g/mol. The molecule has 0 bridgehead atoms. The molecule has 16 heteroatoms. The summed E-state index contributed by atoms with van der Waals surface area (Å²) >= 11 is 0. The molecule has 1 aliphatic carbocycles. The molecule has 0 spiro atoms. The molecule has 0 radical (unpaired) electrons. The second kappa shape index (κ2) is 13.6. The van der Waals surface area contributed by atoms with E-state index in [4.69, 9.17) is 4.74 Å². The smallest absolute Gasteiger partial charge is 0.416 e. The largest absolute Gasteiger partial charge is 0.481 e. The molecule has 2 aliphatic rings. The molecule has 3 heterocycles. The number of carbonyl (C=O) groups excluding carboxylic acids is 1. The minimum Gasteiger partial charge on any atom is -0.481 e. The summed E-state index contributed by atoms with van der Waals surface area (Å²) in [5, 5.41) is 13.3. The lowest BCUT2D eigenvalue weighted by Gasteiger charge is -2.48. The van der Waals surface area contributed by atoms with Crippen LogP contribution in [0.2, 0.25) is 0 Å². The van der Waals surface area contributed by atoms with Crippen molar-refractivity contribution >= 4 is 18.0 Å². The summed E-state index contributed by atoms with van der Waals surface area (Å²) in [6, 6.07) is 0.254. The number of likely N-dealkylation sites (tertiary alicyclic amines) is 1. The lowest BCUT2D eigenvalue weighted by Crippen LogP contribution is -2.57. The highest BCUT2D eigenvalue weighted by Gasteiger charge is 2.44. The Morgan fingerprint density at radius 2 is 1.46 bits per heavy atom. The Labute approximate surface area is 272 Å². The Bertz CT molecular complexity index is 1560. The van der Waals surface area contributed by atoms with Gasteiger partial charge in [-0.05, 0) is 62.3 Å². The van der Waals surface area contributed by atoms with Gasteiger partial charge in [0.15, 0.2) is 0 Å². The highest BCUT2D eigenvalue weighted by molar-refractivity contribution is 5.72. The fraction of sp³-hybridized carbons (Fsp3) is 0.531. The molecule has 3 atom stereocenters. The van der Waals surface area contributed by atoms with Gasteiger partial charge in [-0.15, -0.1) is 0 Å². The van der Waals surface area contributed by atoms with Gasteiger partial charge in [-0.1, -0.05) is 13.8 Å². The van der Waals surface area contributed by atoms with Crippen LogP contribution in [0.5, 0.6) is 0 Å². The summed E-state index contributed by atoms with van der Waals surface area (Å²) in [5.74, 6) is -1.40. The van der Waals surface area contributed by atoms with Crippen LogP contribution in [-0.2, 0) is 35.5 Å². The number of carboxylic acid groups (broad SMARTS) is 1. The van der Waals surface area contributed by atoms with Crippen LogP contribution in [0, 0.1) is 5.92 Å². The first-order chi connectivity index (χ1) is 22.6.